The number of hydrogen-bond donors (Lipinski definition) is 0. The predicted octanol–water partition coefficient (Wildman–Crippen LogP) is 4.69. The van der Waals surface area contributed by atoms with E-state index in [1.807, 2.05) is 0 Å². The maximum absolute atomic E-state index is 12.7. The smallest absolute Gasteiger partial charge is 0.258 e. The highest BCUT2D eigenvalue weighted by atomic mass is 19.4. The van der Waals surface area contributed by atoms with Crippen molar-refractivity contribution < 1.29 is 31.3 Å². The van der Waals surface area contributed by atoms with E-state index in [1.54, 1.807) is 0 Å². The number of alkyl halides is 6. The van der Waals surface area contributed by atoms with E-state index >= 15 is 0 Å². The summed E-state index contributed by atoms with van der Waals surface area (Å²) in [4.78, 5) is 13.2. The fraction of sp³-hybridized carbons (Fsp3) is 0.154. The number of benzene rings is 1. The highest BCUT2D eigenvalue weighted by molar-refractivity contribution is 5.62. The zero-order valence-electron chi connectivity index (χ0n) is 10.9. The van der Waals surface area contributed by atoms with Crippen LogP contribution in [0.15, 0.2) is 36.5 Å². The van der Waals surface area contributed by atoms with Gasteiger partial charge >= 0.3 is 12.4 Å². The topological polar surface area (TPSA) is 56.0 Å². The molecule has 23 heavy (non-hydrogen) atoms. The molecule has 0 saturated carbocycles. The number of nitrogens with zero attached hydrogens (tertiary/aromatic N) is 2. The first-order chi connectivity index (χ1) is 10.5. The van der Waals surface area contributed by atoms with Gasteiger partial charge < -0.3 is 0 Å². The number of nitro groups is 1. The molecule has 0 unspecified atom stereocenters. The van der Waals surface area contributed by atoms with Gasteiger partial charge in [0.25, 0.3) is 5.69 Å². The Balaban J connectivity index is 2.59. The highest BCUT2D eigenvalue weighted by Gasteiger charge is 2.37. The standard InChI is InChI=1S/C13H6F6N2O2/c14-12(15,16)8-3-7(4-9(5-8)13(17,18)19)11-2-1-10(6-20-11)21(22)23/h1-6H. The average molecular weight is 336 g/mol. The Morgan fingerprint density at radius 2 is 1.43 bits per heavy atom. The molecule has 0 aliphatic carbocycles. The Morgan fingerprint density at radius 3 is 1.78 bits per heavy atom. The molecule has 0 bridgehead atoms. The number of rotatable bonds is 2. The third kappa shape index (κ3) is 3.76. The van der Waals surface area contributed by atoms with Crippen LogP contribution in [-0.4, -0.2) is 9.91 Å². The number of hydrogen-bond acceptors (Lipinski definition) is 3. The summed E-state index contributed by atoms with van der Waals surface area (Å²) >= 11 is 0. The molecule has 0 saturated heterocycles. The number of halogens is 6. The molecule has 0 spiro atoms. The normalized spacial score (nSPS) is 12.3. The molecule has 1 aromatic carbocycles. The molecule has 0 aliphatic rings. The van der Waals surface area contributed by atoms with E-state index in [0.717, 1.165) is 18.3 Å². The molecule has 0 radical (unpaired) electrons. The monoisotopic (exact) mass is 336 g/mol. The van der Waals surface area contributed by atoms with Crippen LogP contribution in [0.2, 0.25) is 0 Å². The first-order valence-electron chi connectivity index (χ1n) is 5.89. The predicted molar refractivity (Wildman–Crippen MR) is 66.3 cm³/mol. The Labute approximate surface area is 124 Å². The Bertz CT molecular complexity index is 705. The van der Waals surface area contributed by atoms with Crippen LogP contribution in [0.3, 0.4) is 0 Å². The number of pyridine rings is 1. The summed E-state index contributed by atoms with van der Waals surface area (Å²) in [7, 11) is 0. The van der Waals surface area contributed by atoms with Gasteiger partial charge in [0.05, 0.1) is 21.7 Å². The van der Waals surface area contributed by atoms with Gasteiger partial charge in [0.15, 0.2) is 0 Å². The fourth-order valence-corrected chi connectivity index (χ4v) is 1.77. The highest BCUT2D eigenvalue weighted by Crippen LogP contribution is 2.38. The van der Waals surface area contributed by atoms with E-state index in [4.69, 9.17) is 0 Å². The summed E-state index contributed by atoms with van der Waals surface area (Å²) in [6.07, 6.45) is -9.20. The third-order valence-corrected chi connectivity index (χ3v) is 2.84. The van der Waals surface area contributed by atoms with Crippen LogP contribution >= 0.6 is 0 Å². The van der Waals surface area contributed by atoms with Gasteiger partial charge in [0.1, 0.15) is 6.20 Å². The first-order valence-corrected chi connectivity index (χ1v) is 5.89. The third-order valence-electron chi connectivity index (χ3n) is 2.84. The lowest BCUT2D eigenvalue weighted by Crippen LogP contribution is -2.11. The van der Waals surface area contributed by atoms with Gasteiger partial charge in [-0.05, 0) is 24.3 Å². The van der Waals surface area contributed by atoms with Gasteiger partial charge in [-0.3, -0.25) is 10.1 Å². The van der Waals surface area contributed by atoms with Crippen molar-refractivity contribution >= 4 is 5.69 Å². The van der Waals surface area contributed by atoms with Gasteiger partial charge in [-0.1, -0.05) is 0 Å². The maximum atomic E-state index is 12.7. The van der Waals surface area contributed by atoms with Gasteiger partial charge in [-0.25, -0.2) is 4.98 Å². The summed E-state index contributed by atoms with van der Waals surface area (Å²) in [5, 5.41) is 10.5. The van der Waals surface area contributed by atoms with Crippen molar-refractivity contribution in [2.45, 2.75) is 12.4 Å². The van der Waals surface area contributed by atoms with Gasteiger partial charge in [-0.2, -0.15) is 26.3 Å². The van der Waals surface area contributed by atoms with Crippen molar-refractivity contribution in [1.29, 1.82) is 0 Å². The quantitative estimate of drug-likeness (QED) is 0.454. The molecule has 1 aromatic heterocycles. The second kappa shape index (κ2) is 5.52. The van der Waals surface area contributed by atoms with Gasteiger partial charge in [-0.15, -0.1) is 0 Å². The van der Waals surface area contributed by atoms with E-state index in [-0.39, 0.29) is 11.8 Å². The van der Waals surface area contributed by atoms with Crippen molar-refractivity contribution in [3.63, 3.8) is 0 Å². The van der Waals surface area contributed by atoms with E-state index in [1.165, 1.54) is 0 Å². The van der Waals surface area contributed by atoms with E-state index in [2.05, 4.69) is 4.98 Å². The molecule has 0 atom stereocenters. The average Bonchev–Trinajstić information content (AvgIpc) is 2.45. The number of aromatic nitrogens is 1. The molecular weight excluding hydrogens is 330 g/mol. The Hall–Kier alpha value is -2.65. The molecule has 4 nitrogen and oxygen atoms in total. The van der Waals surface area contributed by atoms with Gasteiger partial charge in [0.2, 0.25) is 0 Å². The lowest BCUT2D eigenvalue weighted by molar-refractivity contribution is -0.385. The minimum Gasteiger partial charge on any atom is -0.258 e. The van der Waals surface area contributed by atoms with E-state index in [9.17, 15) is 36.5 Å². The van der Waals surface area contributed by atoms with E-state index in [0.29, 0.717) is 12.1 Å². The largest absolute Gasteiger partial charge is 0.416 e. The van der Waals surface area contributed by atoms with Gasteiger partial charge in [0, 0.05) is 11.6 Å². The molecule has 0 aliphatic heterocycles. The Morgan fingerprint density at radius 1 is 0.913 bits per heavy atom. The first kappa shape index (κ1) is 16.7. The molecular formula is C13H6F6N2O2. The minimum absolute atomic E-state index is 0.00507. The van der Waals surface area contributed by atoms with E-state index < -0.39 is 39.7 Å². The molecule has 0 N–H and O–H groups in total. The van der Waals surface area contributed by atoms with Crippen LogP contribution in [0.4, 0.5) is 32.0 Å². The second-order valence-electron chi connectivity index (χ2n) is 4.45. The zero-order chi connectivity index (χ0) is 17.4. The zero-order valence-corrected chi connectivity index (χ0v) is 10.9. The molecule has 2 rings (SSSR count). The van der Waals surface area contributed by atoms with Crippen molar-refractivity contribution in [3.8, 4) is 11.3 Å². The minimum atomic E-state index is -4.98. The molecule has 10 heteroatoms. The second-order valence-corrected chi connectivity index (χ2v) is 4.45. The maximum Gasteiger partial charge on any atom is 0.416 e. The summed E-state index contributed by atoms with van der Waals surface area (Å²) in [5.74, 6) is 0. The molecule has 1 heterocycles. The van der Waals surface area contributed by atoms with Crippen LogP contribution < -0.4 is 0 Å². The fourth-order valence-electron chi connectivity index (χ4n) is 1.77. The van der Waals surface area contributed by atoms with Crippen LogP contribution in [0.25, 0.3) is 11.3 Å². The van der Waals surface area contributed by atoms with Crippen LogP contribution in [0.5, 0.6) is 0 Å². The van der Waals surface area contributed by atoms with Crippen molar-refractivity contribution in [3.05, 3.63) is 57.8 Å². The summed E-state index contributed by atoms with van der Waals surface area (Å²) in [5.41, 5.74) is -4.09. The Kier molecular flexibility index (Phi) is 4.01. The summed E-state index contributed by atoms with van der Waals surface area (Å²) in [6.45, 7) is 0. The summed E-state index contributed by atoms with van der Waals surface area (Å²) in [6, 6.07) is 2.92. The van der Waals surface area contributed by atoms with Crippen molar-refractivity contribution in [1.82, 2.24) is 4.98 Å². The summed E-state index contributed by atoms with van der Waals surface area (Å²) < 4.78 is 76.5. The van der Waals surface area contributed by atoms with Crippen LogP contribution in [0.1, 0.15) is 11.1 Å². The van der Waals surface area contributed by atoms with Crippen molar-refractivity contribution in [2.75, 3.05) is 0 Å². The molecule has 2 aromatic rings. The lowest BCUT2D eigenvalue weighted by atomic mass is 10.0. The van der Waals surface area contributed by atoms with Crippen LogP contribution in [-0.2, 0) is 12.4 Å². The van der Waals surface area contributed by atoms with Crippen LogP contribution in [0, 0.1) is 10.1 Å². The lowest BCUT2D eigenvalue weighted by Gasteiger charge is -2.14. The van der Waals surface area contributed by atoms with Crippen molar-refractivity contribution in [2.24, 2.45) is 0 Å². The molecule has 0 amide bonds. The molecule has 122 valence electrons. The molecule has 0 fully saturated rings. The SMILES string of the molecule is O=[N+]([O-])c1ccc(-c2cc(C(F)(F)F)cc(C(F)(F)F)c2)nc1.